The van der Waals surface area contributed by atoms with E-state index in [1.165, 1.54) is 24.9 Å². The number of aryl methyl sites for hydroxylation is 1. The van der Waals surface area contributed by atoms with E-state index in [2.05, 4.69) is 15.1 Å². The van der Waals surface area contributed by atoms with E-state index in [0.717, 1.165) is 0 Å². The smallest absolute Gasteiger partial charge is 0.246 e. The zero-order valence-corrected chi connectivity index (χ0v) is 11.3. The van der Waals surface area contributed by atoms with Gasteiger partial charge in [0.2, 0.25) is 15.9 Å². The van der Waals surface area contributed by atoms with E-state index in [1.807, 2.05) is 6.92 Å². The summed E-state index contributed by atoms with van der Waals surface area (Å²) in [6.07, 6.45) is 1.33. The molecule has 0 saturated carbocycles. The van der Waals surface area contributed by atoms with Gasteiger partial charge in [0.15, 0.2) is 5.82 Å². The molecule has 0 radical (unpaired) electrons. The number of nitrogens with one attached hydrogen (secondary N) is 2. The number of carbonyl (C=O) groups excluding carboxylic acids is 1. The second-order valence-electron chi connectivity index (χ2n) is 3.69. The molecule has 1 unspecified atom stereocenters. The van der Waals surface area contributed by atoms with E-state index in [4.69, 9.17) is 5.73 Å². The van der Waals surface area contributed by atoms with Gasteiger partial charge in [-0.1, -0.05) is 0 Å². The minimum absolute atomic E-state index is 0.0894. The molecule has 1 atom stereocenters. The summed E-state index contributed by atoms with van der Waals surface area (Å²) < 4.78 is 27.6. The van der Waals surface area contributed by atoms with Crippen LogP contribution in [0.4, 0.5) is 5.82 Å². The van der Waals surface area contributed by atoms with Crippen LogP contribution in [0.15, 0.2) is 11.1 Å². The lowest BCUT2D eigenvalue weighted by molar-refractivity contribution is -0.121. The van der Waals surface area contributed by atoms with Crippen LogP contribution in [0.3, 0.4) is 0 Å². The van der Waals surface area contributed by atoms with E-state index in [9.17, 15) is 13.2 Å². The van der Waals surface area contributed by atoms with Crippen molar-refractivity contribution >= 4 is 21.7 Å². The van der Waals surface area contributed by atoms with Crippen LogP contribution in [0.5, 0.6) is 0 Å². The Hall–Kier alpha value is -1.61. The van der Waals surface area contributed by atoms with Crippen molar-refractivity contribution in [2.75, 3.05) is 12.8 Å². The van der Waals surface area contributed by atoms with E-state index in [0.29, 0.717) is 6.54 Å². The largest absolute Gasteiger partial charge is 0.381 e. The minimum atomic E-state index is -3.85. The maximum atomic E-state index is 12.0. The molecule has 0 fully saturated rings. The molecule has 0 saturated heterocycles. The summed E-state index contributed by atoms with van der Waals surface area (Å²) in [5, 5.41) is 6.19. The third-order valence-corrected chi connectivity index (χ3v) is 3.90. The van der Waals surface area contributed by atoms with Crippen LogP contribution in [0.1, 0.15) is 13.8 Å². The number of nitrogens with two attached hydrogens (primary N) is 1. The van der Waals surface area contributed by atoms with Gasteiger partial charge in [0, 0.05) is 19.8 Å². The third kappa shape index (κ3) is 2.99. The van der Waals surface area contributed by atoms with Crippen molar-refractivity contribution in [2.45, 2.75) is 31.3 Å². The van der Waals surface area contributed by atoms with Crippen LogP contribution in [-0.4, -0.2) is 37.2 Å². The van der Waals surface area contributed by atoms with Gasteiger partial charge in [-0.15, -0.1) is 0 Å². The van der Waals surface area contributed by atoms with E-state index < -0.39 is 22.0 Å². The Kier molecular flexibility index (Phi) is 4.30. The van der Waals surface area contributed by atoms with Crippen LogP contribution in [0.25, 0.3) is 0 Å². The molecule has 0 aliphatic rings. The number of nitrogens with zero attached hydrogens (tertiary/aromatic N) is 2. The first-order valence-electron chi connectivity index (χ1n) is 5.38. The van der Waals surface area contributed by atoms with Gasteiger partial charge in [0.05, 0.1) is 6.04 Å². The van der Waals surface area contributed by atoms with Gasteiger partial charge in [0.1, 0.15) is 4.90 Å². The van der Waals surface area contributed by atoms with Crippen LogP contribution < -0.4 is 15.8 Å². The maximum Gasteiger partial charge on any atom is 0.246 e. The molecule has 1 rings (SSSR count). The highest BCUT2D eigenvalue weighted by Crippen LogP contribution is 2.16. The summed E-state index contributed by atoms with van der Waals surface area (Å²) in [6, 6.07) is -0.885. The topological polar surface area (TPSA) is 119 Å². The Morgan fingerprint density at radius 2 is 2.22 bits per heavy atom. The van der Waals surface area contributed by atoms with Crippen molar-refractivity contribution in [3.05, 3.63) is 6.20 Å². The molecule has 1 amide bonds. The van der Waals surface area contributed by atoms with E-state index >= 15 is 0 Å². The van der Waals surface area contributed by atoms with E-state index in [1.54, 1.807) is 0 Å². The predicted molar refractivity (Wildman–Crippen MR) is 66.2 cm³/mol. The fourth-order valence-electron chi connectivity index (χ4n) is 1.35. The van der Waals surface area contributed by atoms with Crippen molar-refractivity contribution in [3.8, 4) is 0 Å². The molecule has 1 aromatic rings. The molecule has 1 aromatic heterocycles. The molecular formula is C9H17N5O3S. The molecule has 0 spiro atoms. The number of sulfonamides is 1. The lowest BCUT2D eigenvalue weighted by atomic mass is 10.3. The summed E-state index contributed by atoms with van der Waals surface area (Å²) in [7, 11) is -2.43. The first-order valence-corrected chi connectivity index (χ1v) is 6.87. The summed E-state index contributed by atoms with van der Waals surface area (Å²) in [5.41, 5.74) is 5.54. The van der Waals surface area contributed by atoms with Gasteiger partial charge < -0.3 is 11.1 Å². The molecule has 4 N–H and O–H groups in total. The highest BCUT2D eigenvalue weighted by Gasteiger charge is 2.25. The Balaban J connectivity index is 2.99. The number of anilines is 1. The second-order valence-corrected chi connectivity index (χ2v) is 5.37. The molecule has 0 aromatic carbocycles. The molecule has 102 valence electrons. The van der Waals surface area contributed by atoms with Gasteiger partial charge in [0.25, 0.3) is 0 Å². The van der Waals surface area contributed by atoms with Crippen molar-refractivity contribution in [1.82, 2.24) is 19.8 Å². The molecule has 8 nitrogen and oxygen atoms in total. The second kappa shape index (κ2) is 5.36. The molecule has 0 aliphatic carbocycles. The Labute approximate surface area is 106 Å². The number of rotatable bonds is 5. The average Bonchev–Trinajstić information content (AvgIpc) is 2.69. The van der Waals surface area contributed by atoms with Crippen molar-refractivity contribution in [1.29, 1.82) is 0 Å². The normalized spacial score (nSPS) is 13.3. The number of carbonyl (C=O) groups is 1. The zero-order valence-electron chi connectivity index (χ0n) is 10.5. The first kappa shape index (κ1) is 14.5. The van der Waals surface area contributed by atoms with Crippen LogP contribution in [0, 0.1) is 0 Å². The number of likely N-dealkylation sites (N-methyl/N-ethyl adjacent to an activating group) is 1. The number of hydrogen-bond donors (Lipinski definition) is 3. The van der Waals surface area contributed by atoms with Crippen LogP contribution >= 0.6 is 0 Å². The number of aromatic nitrogens is 2. The van der Waals surface area contributed by atoms with Crippen molar-refractivity contribution in [3.63, 3.8) is 0 Å². The lowest BCUT2D eigenvalue weighted by Gasteiger charge is -2.11. The summed E-state index contributed by atoms with van der Waals surface area (Å²) in [4.78, 5) is 11.2. The highest BCUT2D eigenvalue weighted by molar-refractivity contribution is 7.89. The molecule has 1 heterocycles. The minimum Gasteiger partial charge on any atom is -0.381 e. The lowest BCUT2D eigenvalue weighted by Crippen LogP contribution is -2.43. The molecular weight excluding hydrogens is 258 g/mol. The monoisotopic (exact) mass is 275 g/mol. The van der Waals surface area contributed by atoms with Gasteiger partial charge in [-0.3, -0.25) is 9.48 Å². The number of nitrogen functional groups attached to an aromatic ring is 1. The van der Waals surface area contributed by atoms with Crippen molar-refractivity contribution in [2.24, 2.45) is 0 Å². The van der Waals surface area contributed by atoms with Crippen LogP contribution in [-0.2, 0) is 21.4 Å². The van der Waals surface area contributed by atoms with Crippen LogP contribution in [0.2, 0.25) is 0 Å². The summed E-state index contributed by atoms with van der Waals surface area (Å²) in [5.74, 6) is -0.520. The molecule has 0 bridgehead atoms. The number of amides is 1. The fourth-order valence-corrected chi connectivity index (χ4v) is 2.63. The first-order chi connectivity index (χ1) is 8.31. The molecule has 0 aliphatic heterocycles. The fraction of sp³-hybridized carbons (Fsp3) is 0.556. The molecule has 9 heteroatoms. The Bertz CT molecular complexity index is 536. The predicted octanol–water partition coefficient (Wildman–Crippen LogP) is -1.10. The summed E-state index contributed by atoms with van der Waals surface area (Å²) >= 11 is 0. The van der Waals surface area contributed by atoms with Crippen molar-refractivity contribution < 1.29 is 13.2 Å². The van der Waals surface area contributed by atoms with Gasteiger partial charge >= 0.3 is 0 Å². The maximum absolute atomic E-state index is 12.0. The zero-order chi connectivity index (χ0) is 13.9. The van der Waals surface area contributed by atoms with E-state index in [-0.39, 0.29) is 10.7 Å². The quantitative estimate of drug-likeness (QED) is 0.630. The van der Waals surface area contributed by atoms with Gasteiger partial charge in [-0.2, -0.15) is 9.82 Å². The number of hydrogen-bond acceptors (Lipinski definition) is 5. The standard InChI is InChI=1S/C9H17N5O3S/c1-4-14-5-7(8(10)12-14)18(16,17)13-6(2)9(15)11-3/h5-6,13H,4H2,1-3H3,(H2,10,12)(H,11,15). The average molecular weight is 275 g/mol. The highest BCUT2D eigenvalue weighted by atomic mass is 32.2. The van der Waals surface area contributed by atoms with Gasteiger partial charge in [-0.25, -0.2) is 8.42 Å². The van der Waals surface area contributed by atoms with Gasteiger partial charge in [-0.05, 0) is 13.8 Å². The SMILES string of the molecule is CCn1cc(S(=O)(=O)NC(C)C(=O)NC)c(N)n1. The Morgan fingerprint density at radius 1 is 1.61 bits per heavy atom. The third-order valence-electron chi connectivity index (χ3n) is 2.34. The molecule has 18 heavy (non-hydrogen) atoms. The Morgan fingerprint density at radius 3 is 2.67 bits per heavy atom. The summed E-state index contributed by atoms with van der Waals surface area (Å²) in [6.45, 7) is 3.75.